The summed E-state index contributed by atoms with van der Waals surface area (Å²) < 4.78 is 10.1. The van der Waals surface area contributed by atoms with E-state index >= 15 is 0 Å². The van der Waals surface area contributed by atoms with Gasteiger partial charge in [0.05, 0.1) is 0 Å². The lowest BCUT2D eigenvalue weighted by Gasteiger charge is -2.31. The minimum Gasteiger partial charge on any atom is -0.419 e. The van der Waals surface area contributed by atoms with Crippen molar-refractivity contribution in [1.82, 2.24) is 0 Å². The van der Waals surface area contributed by atoms with Crippen LogP contribution >= 0.6 is 0 Å². The van der Waals surface area contributed by atoms with Crippen molar-refractivity contribution in [3.63, 3.8) is 0 Å². The van der Waals surface area contributed by atoms with E-state index in [-0.39, 0.29) is 11.5 Å². The predicted octanol–water partition coefficient (Wildman–Crippen LogP) is 1.88. The highest BCUT2D eigenvalue weighted by Crippen LogP contribution is 2.29. The largest absolute Gasteiger partial charge is 0.419 e. The number of hydrogen-bond acceptors (Lipinski definition) is 4. The van der Waals surface area contributed by atoms with Gasteiger partial charge in [0.1, 0.15) is 5.57 Å². The molecule has 4 nitrogen and oxygen atoms in total. The molecule has 1 saturated heterocycles. The van der Waals surface area contributed by atoms with Crippen LogP contribution in [-0.2, 0) is 19.1 Å². The molecule has 0 bridgehead atoms. The van der Waals surface area contributed by atoms with Gasteiger partial charge in [-0.25, -0.2) is 9.59 Å². The van der Waals surface area contributed by atoms with Crippen LogP contribution in [0.4, 0.5) is 0 Å². The van der Waals surface area contributed by atoms with Crippen molar-refractivity contribution in [1.29, 1.82) is 0 Å². The number of carbonyl (C=O) groups is 2. The standard InChI is InChI=1S/C13H14O4/c1-8(9-6-4-5-7-9)10-11(14)16-13(2,3)17-12(10)15/h4-7,9H,1-3H3. The van der Waals surface area contributed by atoms with E-state index < -0.39 is 17.7 Å². The average molecular weight is 234 g/mol. The maximum absolute atomic E-state index is 11.8. The van der Waals surface area contributed by atoms with E-state index in [0.29, 0.717) is 5.57 Å². The molecule has 1 aliphatic heterocycles. The zero-order chi connectivity index (χ0) is 12.6. The molecule has 0 aromatic heterocycles. The van der Waals surface area contributed by atoms with E-state index in [2.05, 4.69) is 0 Å². The van der Waals surface area contributed by atoms with Crippen molar-refractivity contribution in [3.8, 4) is 0 Å². The van der Waals surface area contributed by atoms with Crippen molar-refractivity contribution < 1.29 is 19.1 Å². The summed E-state index contributed by atoms with van der Waals surface area (Å²) in [5.41, 5.74) is 0.658. The Hall–Kier alpha value is -1.84. The first-order valence-electron chi connectivity index (χ1n) is 5.43. The molecule has 17 heavy (non-hydrogen) atoms. The van der Waals surface area contributed by atoms with Gasteiger partial charge in [0, 0.05) is 19.8 Å². The highest BCUT2D eigenvalue weighted by molar-refractivity contribution is 6.16. The molecule has 0 aromatic rings. The van der Waals surface area contributed by atoms with Gasteiger partial charge in [-0.3, -0.25) is 0 Å². The number of carbonyl (C=O) groups excluding carboxylic acids is 2. The Labute approximate surface area is 99.6 Å². The molecule has 0 radical (unpaired) electrons. The van der Waals surface area contributed by atoms with Crippen LogP contribution in [0.5, 0.6) is 0 Å². The molecule has 2 rings (SSSR count). The second kappa shape index (κ2) is 3.87. The van der Waals surface area contributed by atoms with Crippen molar-refractivity contribution in [2.24, 2.45) is 5.92 Å². The fourth-order valence-corrected chi connectivity index (χ4v) is 1.86. The van der Waals surface area contributed by atoms with Crippen LogP contribution in [-0.4, -0.2) is 17.7 Å². The minimum absolute atomic E-state index is 0.00512. The van der Waals surface area contributed by atoms with Crippen LogP contribution in [0.3, 0.4) is 0 Å². The third kappa shape index (κ3) is 2.16. The normalized spacial score (nSPS) is 22.6. The topological polar surface area (TPSA) is 52.6 Å². The summed E-state index contributed by atoms with van der Waals surface area (Å²) in [7, 11) is 0. The van der Waals surface area contributed by atoms with Crippen molar-refractivity contribution in [3.05, 3.63) is 35.5 Å². The van der Waals surface area contributed by atoms with E-state index in [0.717, 1.165) is 0 Å². The summed E-state index contributed by atoms with van der Waals surface area (Å²) >= 11 is 0. The smallest absolute Gasteiger partial charge is 0.348 e. The first-order valence-corrected chi connectivity index (χ1v) is 5.43. The molecule has 1 aliphatic carbocycles. The van der Waals surface area contributed by atoms with Gasteiger partial charge < -0.3 is 9.47 Å². The summed E-state index contributed by atoms with van der Waals surface area (Å²) in [5, 5.41) is 0. The van der Waals surface area contributed by atoms with E-state index in [1.54, 1.807) is 6.92 Å². The van der Waals surface area contributed by atoms with Crippen LogP contribution in [0.2, 0.25) is 0 Å². The Balaban J connectivity index is 2.35. The Bertz CT molecular complexity index is 432. The monoisotopic (exact) mass is 234 g/mol. The molecule has 0 saturated carbocycles. The van der Waals surface area contributed by atoms with Crippen LogP contribution in [0.15, 0.2) is 35.5 Å². The van der Waals surface area contributed by atoms with Gasteiger partial charge in [-0.1, -0.05) is 24.3 Å². The van der Waals surface area contributed by atoms with E-state index in [1.165, 1.54) is 13.8 Å². The van der Waals surface area contributed by atoms with Gasteiger partial charge in [0.25, 0.3) is 5.79 Å². The molecule has 0 aromatic carbocycles. The summed E-state index contributed by atoms with van der Waals surface area (Å²) in [4.78, 5) is 23.6. The fraction of sp³-hybridized carbons (Fsp3) is 0.385. The van der Waals surface area contributed by atoms with Crippen molar-refractivity contribution in [2.45, 2.75) is 26.6 Å². The third-order valence-electron chi connectivity index (χ3n) is 2.73. The van der Waals surface area contributed by atoms with Crippen molar-refractivity contribution in [2.75, 3.05) is 0 Å². The number of cyclic esters (lactones) is 2. The second-order valence-corrected chi connectivity index (χ2v) is 4.53. The lowest BCUT2D eigenvalue weighted by Crippen LogP contribution is -2.42. The Kier molecular flexibility index (Phi) is 2.65. The summed E-state index contributed by atoms with van der Waals surface area (Å²) in [6.07, 6.45) is 7.56. The van der Waals surface area contributed by atoms with Gasteiger partial charge in [-0.2, -0.15) is 0 Å². The zero-order valence-electron chi connectivity index (χ0n) is 10.0. The number of esters is 2. The third-order valence-corrected chi connectivity index (χ3v) is 2.73. The molecule has 0 atom stereocenters. The summed E-state index contributed by atoms with van der Waals surface area (Å²) in [5.74, 6) is -2.44. The molecule has 1 heterocycles. The minimum atomic E-state index is -1.18. The highest BCUT2D eigenvalue weighted by Gasteiger charge is 2.40. The van der Waals surface area contributed by atoms with Crippen molar-refractivity contribution >= 4 is 11.9 Å². The lowest BCUT2D eigenvalue weighted by atomic mass is 9.96. The Morgan fingerprint density at radius 1 is 1.12 bits per heavy atom. The summed E-state index contributed by atoms with van der Waals surface area (Å²) in [6, 6.07) is 0. The van der Waals surface area contributed by atoms with Gasteiger partial charge >= 0.3 is 11.9 Å². The number of ether oxygens (including phenoxy) is 2. The van der Waals surface area contributed by atoms with Gasteiger partial charge in [0.15, 0.2) is 0 Å². The van der Waals surface area contributed by atoms with Crippen LogP contribution in [0.1, 0.15) is 20.8 Å². The first-order chi connectivity index (χ1) is 7.91. The Morgan fingerprint density at radius 2 is 1.59 bits per heavy atom. The van der Waals surface area contributed by atoms with Gasteiger partial charge in [0.2, 0.25) is 0 Å². The lowest BCUT2D eigenvalue weighted by molar-refractivity contribution is -0.222. The van der Waals surface area contributed by atoms with E-state index in [4.69, 9.17) is 9.47 Å². The summed E-state index contributed by atoms with van der Waals surface area (Å²) in [6.45, 7) is 4.80. The highest BCUT2D eigenvalue weighted by atomic mass is 16.7. The molecule has 4 heteroatoms. The molecule has 1 fully saturated rings. The van der Waals surface area contributed by atoms with Crippen LogP contribution < -0.4 is 0 Å². The van der Waals surface area contributed by atoms with Crippen LogP contribution in [0, 0.1) is 5.92 Å². The predicted molar refractivity (Wildman–Crippen MR) is 60.7 cm³/mol. The van der Waals surface area contributed by atoms with E-state index in [9.17, 15) is 9.59 Å². The van der Waals surface area contributed by atoms with Gasteiger partial charge in [-0.15, -0.1) is 0 Å². The second-order valence-electron chi connectivity index (χ2n) is 4.53. The van der Waals surface area contributed by atoms with E-state index in [1.807, 2.05) is 24.3 Å². The molecule has 0 spiro atoms. The molecular weight excluding hydrogens is 220 g/mol. The maximum atomic E-state index is 11.8. The molecule has 90 valence electrons. The number of rotatable bonds is 1. The average Bonchev–Trinajstić information content (AvgIpc) is 2.66. The van der Waals surface area contributed by atoms with Gasteiger partial charge in [-0.05, 0) is 12.5 Å². The first kappa shape index (κ1) is 11.6. The van der Waals surface area contributed by atoms with Crippen LogP contribution in [0.25, 0.3) is 0 Å². The number of allylic oxidation sites excluding steroid dienone is 5. The molecule has 0 N–H and O–H groups in total. The molecule has 0 unspecified atom stereocenters. The Morgan fingerprint density at radius 3 is 2.06 bits per heavy atom. The fourth-order valence-electron chi connectivity index (χ4n) is 1.86. The quantitative estimate of drug-likeness (QED) is 0.395. The molecular formula is C13H14O4. The SMILES string of the molecule is CC(=C1C(=O)OC(C)(C)OC1=O)C1C=CC=C1. The zero-order valence-corrected chi connectivity index (χ0v) is 10.0. The maximum Gasteiger partial charge on any atom is 0.348 e. The molecule has 0 amide bonds. The molecule has 2 aliphatic rings. The number of hydrogen-bond donors (Lipinski definition) is 0.